The van der Waals surface area contributed by atoms with E-state index in [9.17, 15) is 10.1 Å². The lowest BCUT2D eigenvalue weighted by Gasteiger charge is -2.40. The lowest BCUT2D eigenvalue weighted by molar-refractivity contribution is -0.124. The maximum atomic E-state index is 12.5. The zero-order valence-electron chi connectivity index (χ0n) is 15.2. The molecule has 1 spiro atoms. The van der Waals surface area contributed by atoms with Gasteiger partial charge in [-0.05, 0) is 43.6 Å². The number of nitriles is 1. The fraction of sp³-hybridized carbons (Fsp3) is 0.571. The van der Waals surface area contributed by atoms with E-state index < -0.39 is 11.5 Å². The molecule has 2 aliphatic heterocycles. The van der Waals surface area contributed by atoms with Gasteiger partial charge in [0, 0.05) is 13.1 Å². The van der Waals surface area contributed by atoms with Gasteiger partial charge in [-0.2, -0.15) is 5.26 Å². The Morgan fingerprint density at radius 1 is 1.19 bits per heavy atom. The molecular weight excluding hydrogens is 324 g/mol. The third-order valence-electron chi connectivity index (χ3n) is 6.24. The largest absolute Gasteiger partial charge is 0.343 e. The second kappa shape index (κ2) is 7.11. The number of carbonyl (C=O) groups excluding carboxylic acids is 1. The third kappa shape index (κ3) is 3.21. The molecule has 0 radical (unpaired) electrons. The quantitative estimate of drug-likeness (QED) is 0.892. The first-order valence-corrected chi connectivity index (χ1v) is 9.79. The Balaban J connectivity index is 1.43. The highest BCUT2D eigenvalue weighted by atomic mass is 16.2. The van der Waals surface area contributed by atoms with E-state index in [1.807, 2.05) is 0 Å². The molecule has 1 atom stereocenters. The fourth-order valence-corrected chi connectivity index (χ4v) is 4.74. The third-order valence-corrected chi connectivity index (χ3v) is 6.24. The summed E-state index contributed by atoms with van der Waals surface area (Å²) in [5.74, 6) is 0.595. The van der Waals surface area contributed by atoms with Gasteiger partial charge in [0.25, 0.3) is 0 Å². The van der Waals surface area contributed by atoms with E-state index in [1.54, 1.807) is 0 Å². The van der Waals surface area contributed by atoms with Crippen LogP contribution in [0.2, 0.25) is 0 Å². The smallest absolute Gasteiger partial charge is 0.246 e. The van der Waals surface area contributed by atoms with Crippen molar-refractivity contribution >= 4 is 11.9 Å². The maximum Gasteiger partial charge on any atom is 0.246 e. The van der Waals surface area contributed by atoms with Crippen molar-refractivity contribution in [2.45, 2.75) is 50.5 Å². The minimum Gasteiger partial charge on any atom is -0.343 e. The van der Waals surface area contributed by atoms with Crippen molar-refractivity contribution in [2.24, 2.45) is 16.8 Å². The summed E-state index contributed by atoms with van der Waals surface area (Å²) in [6.45, 7) is 1.84. The van der Waals surface area contributed by atoms with E-state index in [-0.39, 0.29) is 5.91 Å². The molecule has 5 heteroatoms. The van der Waals surface area contributed by atoms with Crippen molar-refractivity contribution in [2.75, 3.05) is 13.1 Å². The van der Waals surface area contributed by atoms with Gasteiger partial charge in [-0.3, -0.25) is 10.1 Å². The monoisotopic (exact) mass is 350 g/mol. The van der Waals surface area contributed by atoms with E-state index in [1.165, 1.54) is 5.56 Å². The first kappa shape index (κ1) is 17.1. The molecular formula is C21H26N4O. The number of rotatable bonds is 2. The highest BCUT2D eigenvalue weighted by molar-refractivity contribution is 6.02. The zero-order valence-corrected chi connectivity index (χ0v) is 15.2. The second-order valence-electron chi connectivity index (χ2n) is 7.92. The number of nitrogens with one attached hydrogen (secondary N) is 1. The van der Waals surface area contributed by atoms with Gasteiger partial charge in [-0.1, -0.05) is 43.2 Å². The van der Waals surface area contributed by atoms with E-state index >= 15 is 0 Å². The summed E-state index contributed by atoms with van der Waals surface area (Å²) in [6.07, 6.45) is 7.16. The number of nitrogens with zero attached hydrogens (tertiary/aromatic N) is 3. The van der Waals surface area contributed by atoms with E-state index in [2.05, 4.69) is 46.6 Å². The lowest BCUT2D eigenvalue weighted by atomic mass is 9.82. The van der Waals surface area contributed by atoms with E-state index in [4.69, 9.17) is 4.99 Å². The SMILES string of the molecule is N#C[C@H]1C(=O)NC(N2CCC(Cc3ccccc3)CC2)=NC12CCCC2. The predicted molar refractivity (Wildman–Crippen MR) is 100 cm³/mol. The Morgan fingerprint density at radius 3 is 2.54 bits per heavy atom. The average molecular weight is 350 g/mol. The average Bonchev–Trinajstić information content (AvgIpc) is 3.11. The molecule has 26 heavy (non-hydrogen) atoms. The van der Waals surface area contributed by atoms with Crippen LogP contribution >= 0.6 is 0 Å². The van der Waals surface area contributed by atoms with Crippen LogP contribution in [-0.2, 0) is 11.2 Å². The molecule has 1 aromatic carbocycles. The Labute approximate surface area is 155 Å². The first-order valence-electron chi connectivity index (χ1n) is 9.79. The summed E-state index contributed by atoms with van der Waals surface area (Å²) >= 11 is 0. The first-order chi connectivity index (χ1) is 12.7. The number of amides is 1. The highest BCUT2D eigenvalue weighted by Crippen LogP contribution is 2.41. The van der Waals surface area contributed by atoms with Gasteiger partial charge in [0.05, 0.1) is 11.6 Å². The number of hydrogen-bond acceptors (Lipinski definition) is 4. The van der Waals surface area contributed by atoms with Gasteiger partial charge in [-0.15, -0.1) is 0 Å². The number of carbonyl (C=O) groups is 1. The molecule has 2 heterocycles. The maximum absolute atomic E-state index is 12.5. The molecule has 4 rings (SSSR count). The molecule has 0 bridgehead atoms. The Bertz CT molecular complexity index is 722. The lowest BCUT2D eigenvalue weighted by Crippen LogP contribution is -2.57. The van der Waals surface area contributed by atoms with Crippen molar-refractivity contribution in [1.29, 1.82) is 5.26 Å². The number of guanidine groups is 1. The van der Waals surface area contributed by atoms with Gasteiger partial charge in [0.15, 0.2) is 5.92 Å². The molecule has 136 valence electrons. The fourth-order valence-electron chi connectivity index (χ4n) is 4.74. The molecule has 2 fully saturated rings. The molecule has 0 aromatic heterocycles. The second-order valence-corrected chi connectivity index (χ2v) is 7.92. The molecule has 1 N–H and O–H groups in total. The molecule has 3 aliphatic rings. The van der Waals surface area contributed by atoms with Crippen LogP contribution in [0.3, 0.4) is 0 Å². The molecule has 1 saturated carbocycles. The van der Waals surface area contributed by atoms with Crippen molar-refractivity contribution in [3.63, 3.8) is 0 Å². The normalized spacial score (nSPS) is 25.7. The van der Waals surface area contributed by atoms with Crippen LogP contribution < -0.4 is 5.32 Å². The van der Waals surface area contributed by atoms with Crippen LogP contribution in [0.1, 0.15) is 44.1 Å². The molecule has 0 unspecified atom stereocenters. The van der Waals surface area contributed by atoms with E-state index in [0.717, 1.165) is 58.0 Å². The van der Waals surface area contributed by atoms with Crippen LogP contribution in [0.25, 0.3) is 0 Å². The number of aliphatic imine (C=N–C) groups is 1. The number of hydrogen-bond donors (Lipinski definition) is 1. The molecule has 5 nitrogen and oxygen atoms in total. The summed E-state index contributed by atoms with van der Waals surface area (Å²) in [6, 6.07) is 12.9. The van der Waals surface area contributed by atoms with Crippen molar-refractivity contribution < 1.29 is 4.79 Å². The number of benzene rings is 1. The van der Waals surface area contributed by atoms with Gasteiger partial charge in [0.1, 0.15) is 0 Å². The van der Waals surface area contributed by atoms with Crippen LogP contribution in [0.4, 0.5) is 0 Å². The van der Waals surface area contributed by atoms with Crippen LogP contribution in [-0.4, -0.2) is 35.4 Å². The number of likely N-dealkylation sites (tertiary alicyclic amines) is 1. The summed E-state index contributed by atoms with van der Waals surface area (Å²) in [5.41, 5.74) is 0.920. The van der Waals surface area contributed by atoms with Crippen LogP contribution in [0, 0.1) is 23.2 Å². The molecule has 1 amide bonds. The molecule has 1 aliphatic carbocycles. The Morgan fingerprint density at radius 2 is 1.88 bits per heavy atom. The minimum atomic E-state index is -0.635. The predicted octanol–water partition coefficient (Wildman–Crippen LogP) is 2.88. The van der Waals surface area contributed by atoms with Gasteiger partial charge in [0.2, 0.25) is 11.9 Å². The topological polar surface area (TPSA) is 68.5 Å². The number of piperidine rings is 1. The Hall–Kier alpha value is -2.35. The summed E-state index contributed by atoms with van der Waals surface area (Å²) in [7, 11) is 0. The van der Waals surface area contributed by atoms with Crippen molar-refractivity contribution in [3.8, 4) is 6.07 Å². The molecule has 1 saturated heterocycles. The summed E-state index contributed by atoms with van der Waals surface area (Å²) in [5, 5.41) is 12.4. The molecule has 1 aromatic rings. The standard InChI is InChI=1S/C21H26N4O/c22-15-18-19(26)23-20(24-21(18)10-4-5-11-21)25-12-8-17(9-13-25)14-16-6-2-1-3-7-16/h1-3,6-7,17-18H,4-5,8-14H2,(H,23,24,26)/t18-/m0/s1. The zero-order chi connectivity index (χ0) is 18.0. The van der Waals surface area contributed by atoms with Gasteiger partial charge < -0.3 is 4.90 Å². The minimum absolute atomic E-state index is 0.161. The Kier molecular flexibility index (Phi) is 4.67. The summed E-state index contributed by atoms with van der Waals surface area (Å²) < 4.78 is 0. The van der Waals surface area contributed by atoms with Gasteiger partial charge >= 0.3 is 0 Å². The van der Waals surface area contributed by atoms with Gasteiger partial charge in [-0.25, -0.2) is 4.99 Å². The van der Waals surface area contributed by atoms with Crippen molar-refractivity contribution in [1.82, 2.24) is 10.2 Å². The highest BCUT2D eigenvalue weighted by Gasteiger charge is 2.49. The van der Waals surface area contributed by atoms with Crippen LogP contribution in [0.15, 0.2) is 35.3 Å². The van der Waals surface area contributed by atoms with Crippen LogP contribution in [0.5, 0.6) is 0 Å². The van der Waals surface area contributed by atoms with E-state index in [0.29, 0.717) is 11.9 Å². The summed E-state index contributed by atoms with van der Waals surface area (Å²) in [4.78, 5) is 19.7. The van der Waals surface area contributed by atoms with Crippen molar-refractivity contribution in [3.05, 3.63) is 35.9 Å².